The van der Waals surface area contributed by atoms with Crippen LogP contribution in [-0.4, -0.2) is 47.3 Å². The van der Waals surface area contributed by atoms with Gasteiger partial charge in [0.25, 0.3) is 5.91 Å². The molecule has 0 spiro atoms. The lowest BCUT2D eigenvalue weighted by molar-refractivity contribution is -0.125. The number of halogens is 1. The molecule has 0 aromatic heterocycles. The Bertz CT molecular complexity index is 865. The van der Waals surface area contributed by atoms with Crippen LogP contribution in [0.2, 0.25) is 0 Å². The summed E-state index contributed by atoms with van der Waals surface area (Å²) in [6.45, 7) is 8.27. The summed E-state index contributed by atoms with van der Waals surface area (Å²) in [5.41, 5.74) is 2.97. The van der Waals surface area contributed by atoms with E-state index < -0.39 is 6.04 Å². The molecule has 6 heteroatoms. The average molecular weight is 472 g/mol. The molecule has 1 fully saturated rings. The first kappa shape index (κ1) is 22.5. The largest absolute Gasteiger partial charge is 0.350 e. The van der Waals surface area contributed by atoms with Crippen LogP contribution >= 0.6 is 15.9 Å². The summed E-state index contributed by atoms with van der Waals surface area (Å²) < 4.78 is 0.929. The zero-order valence-corrected chi connectivity index (χ0v) is 19.3. The van der Waals surface area contributed by atoms with Gasteiger partial charge in [-0.25, -0.2) is 0 Å². The molecule has 1 heterocycles. The van der Waals surface area contributed by atoms with Crippen molar-refractivity contribution in [3.63, 3.8) is 0 Å². The number of hydrogen-bond donors (Lipinski definition) is 1. The van der Waals surface area contributed by atoms with Crippen LogP contribution in [0, 0.1) is 0 Å². The zero-order chi connectivity index (χ0) is 21.5. The molecule has 5 nitrogen and oxygen atoms in total. The lowest BCUT2D eigenvalue weighted by Crippen LogP contribution is -2.45. The van der Waals surface area contributed by atoms with Gasteiger partial charge in [-0.3, -0.25) is 14.5 Å². The first-order valence-electron chi connectivity index (χ1n) is 10.7. The van der Waals surface area contributed by atoms with Gasteiger partial charge in [0.1, 0.15) is 6.04 Å². The highest BCUT2D eigenvalue weighted by atomic mass is 79.9. The number of benzene rings is 2. The monoisotopic (exact) mass is 471 g/mol. The Labute approximate surface area is 187 Å². The molecule has 0 aliphatic carbocycles. The molecular weight excluding hydrogens is 442 g/mol. The summed E-state index contributed by atoms with van der Waals surface area (Å²) >= 11 is 3.39. The van der Waals surface area contributed by atoms with Crippen molar-refractivity contribution in [3.05, 3.63) is 69.7 Å². The second-order valence-corrected chi connectivity index (χ2v) is 8.53. The van der Waals surface area contributed by atoms with Crippen molar-refractivity contribution in [3.8, 4) is 0 Å². The van der Waals surface area contributed by atoms with Crippen LogP contribution in [0.3, 0.4) is 0 Å². The predicted molar refractivity (Wildman–Crippen MR) is 123 cm³/mol. The summed E-state index contributed by atoms with van der Waals surface area (Å²) in [4.78, 5) is 29.9. The van der Waals surface area contributed by atoms with E-state index in [-0.39, 0.29) is 11.8 Å². The fourth-order valence-electron chi connectivity index (χ4n) is 3.91. The molecule has 0 bridgehead atoms. The van der Waals surface area contributed by atoms with Gasteiger partial charge >= 0.3 is 0 Å². The summed E-state index contributed by atoms with van der Waals surface area (Å²) in [5, 5.41) is 3.08. The van der Waals surface area contributed by atoms with Crippen molar-refractivity contribution in [2.75, 3.05) is 19.6 Å². The summed E-state index contributed by atoms with van der Waals surface area (Å²) in [6.07, 6.45) is 1.55. The van der Waals surface area contributed by atoms with Gasteiger partial charge in [-0.1, -0.05) is 54.0 Å². The number of hydrogen-bond acceptors (Lipinski definition) is 3. The summed E-state index contributed by atoms with van der Waals surface area (Å²) in [7, 11) is 0. The van der Waals surface area contributed by atoms with Crippen LogP contribution in [0.25, 0.3) is 0 Å². The zero-order valence-electron chi connectivity index (χ0n) is 17.7. The number of amides is 2. The van der Waals surface area contributed by atoms with Gasteiger partial charge < -0.3 is 10.2 Å². The van der Waals surface area contributed by atoms with Crippen LogP contribution in [0.15, 0.2) is 53.0 Å². The Morgan fingerprint density at radius 3 is 2.40 bits per heavy atom. The minimum Gasteiger partial charge on any atom is -0.350 e. The van der Waals surface area contributed by atoms with Crippen LogP contribution in [0.1, 0.15) is 48.2 Å². The lowest BCUT2D eigenvalue weighted by atomic mass is 10.1. The van der Waals surface area contributed by atoms with E-state index in [0.717, 1.165) is 36.1 Å². The molecule has 2 aromatic carbocycles. The van der Waals surface area contributed by atoms with Crippen LogP contribution in [0.4, 0.5) is 0 Å². The SMILES string of the molecule is CCN(CC)Cc1ccccc1CNC(=O)C1CCCN1C(=O)c1ccc(Br)cc1. The van der Waals surface area contributed by atoms with E-state index in [0.29, 0.717) is 25.1 Å². The minimum atomic E-state index is -0.406. The molecule has 1 aliphatic rings. The standard InChI is InChI=1S/C24H30BrN3O2/c1-3-27(4-2)17-20-9-6-5-8-19(20)16-26-23(29)22-10-7-15-28(22)24(30)18-11-13-21(25)14-12-18/h5-6,8-9,11-14,22H,3-4,7,10,15-17H2,1-2H3,(H,26,29). The van der Waals surface area contributed by atoms with Crippen molar-refractivity contribution in [2.24, 2.45) is 0 Å². The maximum Gasteiger partial charge on any atom is 0.254 e. The van der Waals surface area contributed by atoms with Crippen molar-refractivity contribution >= 4 is 27.7 Å². The van der Waals surface area contributed by atoms with Crippen molar-refractivity contribution in [1.29, 1.82) is 0 Å². The Hall–Kier alpha value is -2.18. The van der Waals surface area contributed by atoms with Crippen molar-refractivity contribution in [1.82, 2.24) is 15.1 Å². The van der Waals surface area contributed by atoms with E-state index in [9.17, 15) is 9.59 Å². The Kier molecular flexibility index (Phi) is 8.05. The summed E-state index contributed by atoms with van der Waals surface area (Å²) in [6, 6.07) is 15.1. The van der Waals surface area contributed by atoms with Crippen LogP contribution in [-0.2, 0) is 17.9 Å². The maximum absolute atomic E-state index is 12.9. The van der Waals surface area contributed by atoms with E-state index >= 15 is 0 Å². The molecule has 1 unspecified atom stereocenters. The number of rotatable bonds is 8. The topological polar surface area (TPSA) is 52.7 Å². The molecule has 1 saturated heterocycles. The van der Waals surface area contributed by atoms with Gasteiger partial charge in [0.05, 0.1) is 0 Å². The highest BCUT2D eigenvalue weighted by molar-refractivity contribution is 9.10. The molecule has 1 atom stereocenters. The Morgan fingerprint density at radius 1 is 1.07 bits per heavy atom. The smallest absolute Gasteiger partial charge is 0.254 e. The minimum absolute atomic E-state index is 0.0735. The molecule has 1 aliphatic heterocycles. The van der Waals surface area contributed by atoms with E-state index in [4.69, 9.17) is 0 Å². The second kappa shape index (κ2) is 10.7. The number of nitrogens with zero attached hydrogens (tertiary/aromatic N) is 2. The third-order valence-corrected chi connectivity index (χ3v) is 6.30. The molecule has 1 N–H and O–H groups in total. The Morgan fingerprint density at radius 2 is 1.73 bits per heavy atom. The molecule has 2 amide bonds. The first-order chi connectivity index (χ1) is 14.5. The van der Waals surface area contributed by atoms with Gasteiger partial charge in [0, 0.05) is 29.7 Å². The van der Waals surface area contributed by atoms with Crippen molar-refractivity contribution < 1.29 is 9.59 Å². The maximum atomic E-state index is 12.9. The first-order valence-corrected chi connectivity index (χ1v) is 11.5. The molecule has 160 valence electrons. The lowest BCUT2D eigenvalue weighted by Gasteiger charge is -2.25. The molecule has 3 rings (SSSR count). The van der Waals surface area contributed by atoms with Crippen LogP contribution in [0.5, 0.6) is 0 Å². The Balaban J connectivity index is 1.64. The number of carbonyl (C=O) groups is 2. The van der Waals surface area contributed by atoms with Gasteiger partial charge in [0.15, 0.2) is 0 Å². The quantitative estimate of drug-likeness (QED) is 0.627. The highest BCUT2D eigenvalue weighted by Gasteiger charge is 2.34. The molecule has 30 heavy (non-hydrogen) atoms. The van der Waals surface area contributed by atoms with E-state index in [1.54, 1.807) is 17.0 Å². The number of likely N-dealkylation sites (tertiary alicyclic amines) is 1. The van der Waals surface area contributed by atoms with Gasteiger partial charge in [-0.15, -0.1) is 0 Å². The normalized spacial score (nSPS) is 16.1. The van der Waals surface area contributed by atoms with Gasteiger partial charge in [-0.2, -0.15) is 0 Å². The van der Waals surface area contributed by atoms with Crippen LogP contribution < -0.4 is 5.32 Å². The summed E-state index contributed by atoms with van der Waals surface area (Å²) in [5.74, 6) is -0.155. The third kappa shape index (κ3) is 5.49. The molecular formula is C24H30BrN3O2. The molecule has 2 aromatic rings. The van der Waals surface area contributed by atoms with E-state index in [1.165, 1.54) is 5.56 Å². The third-order valence-electron chi connectivity index (χ3n) is 5.77. The van der Waals surface area contributed by atoms with E-state index in [2.05, 4.69) is 52.1 Å². The number of carbonyl (C=O) groups excluding carboxylic acids is 2. The second-order valence-electron chi connectivity index (χ2n) is 7.61. The van der Waals surface area contributed by atoms with Gasteiger partial charge in [0.2, 0.25) is 5.91 Å². The number of nitrogens with one attached hydrogen (secondary N) is 1. The van der Waals surface area contributed by atoms with Crippen molar-refractivity contribution in [2.45, 2.75) is 45.8 Å². The fraction of sp³-hybridized carbons (Fsp3) is 0.417. The fourth-order valence-corrected chi connectivity index (χ4v) is 4.18. The van der Waals surface area contributed by atoms with Gasteiger partial charge in [-0.05, 0) is 61.3 Å². The van der Waals surface area contributed by atoms with E-state index in [1.807, 2.05) is 24.3 Å². The molecule has 0 radical (unpaired) electrons. The average Bonchev–Trinajstić information content (AvgIpc) is 3.26. The predicted octanol–water partition coefficient (Wildman–Crippen LogP) is 4.21. The molecule has 0 saturated carbocycles. The highest BCUT2D eigenvalue weighted by Crippen LogP contribution is 2.22.